The molecule has 0 aliphatic carbocycles. The first-order chi connectivity index (χ1) is 11.4. The zero-order valence-corrected chi connectivity index (χ0v) is 14.3. The van der Waals surface area contributed by atoms with Gasteiger partial charge in [0.2, 0.25) is 5.91 Å². The molecule has 0 bridgehead atoms. The van der Waals surface area contributed by atoms with Crippen molar-refractivity contribution in [2.24, 2.45) is 0 Å². The number of anilines is 1. The molecule has 2 aromatic rings. The molecule has 0 spiro atoms. The van der Waals surface area contributed by atoms with Crippen molar-refractivity contribution in [2.45, 2.75) is 39.3 Å². The monoisotopic (exact) mass is 354 g/mol. The molecule has 0 aliphatic heterocycles. The maximum Gasteiger partial charge on any atom is 0.419 e. The molecule has 0 aliphatic rings. The van der Waals surface area contributed by atoms with Gasteiger partial charge in [-0.05, 0) is 34.7 Å². The lowest BCUT2D eigenvalue weighted by Crippen LogP contribution is -2.19. The summed E-state index contributed by atoms with van der Waals surface area (Å²) in [5, 5.41) is 2.60. The van der Waals surface area contributed by atoms with E-state index < -0.39 is 23.0 Å². The average molecular weight is 354 g/mol. The fourth-order valence-electron chi connectivity index (χ4n) is 2.63. The number of nitrogens with one attached hydrogen (secondary N) is 1. The van der Waals surface area contributed by atoms with Gasteiger partial charge < -0.3 is 5.32 Å². The van der Waals surface area contributed by atoms with Crippen LogP contribution in [0, 0.1) is 5.82 Å². The van der Waals surface area contributed by atoms with E-state index in [4.69, 9.17) is 0 Å². The number of carbonyl (C=O) groups is 1. The van der Waals surface area contributed by atoms with Gasteiger partial charge in [0.05, 0.1) is 5.56 Å². The van der Waals surface area contributed by atoms with Crippen molar-refractivity contribution >= 4 is 11.7 Å². The van der Waals surface area contributed by atoms with Crippen molar-refractivity contribution in [2.75, 3.05) is 5.32 Å². The van der Waals surface area contributed by atoms with E-state index in [9.17, 15) is 22.4 Å². The summed E-state index contributed by atoms with van der Waals surface area (Å²) in [6, 6.07) is 4.41. The van der Waals surface area contributed by atoms with Gasteiger partial charge in [-0.25, -0.2) is 9.37 Å². The summed E-state index contributed by atoms with van der Waals surface area (Å²) in [7, 11) is 0. The van der Waals surface area contributed by atoms with Crippen LogP contribution in [0.5, 0.6) is 0 Å². The standard InChI is InChI=1S/C18H18F4N2O/c1-10(25)24-16-15(17(2,3)4)12(7-8-23-16)11-5-6-14(19)13(9-11)18(20,21)22/h5-9H,1-4H3,(H,23,24,25). The molecule has 0 fully saturated rings. The summed E-state index contributed by atoms with van der Waals surface area (Å²) in [5.41, 5.74) is -0.620. The van der Waals surface area contributed by atoms with Crippen molar-refractivity contribution in [3.8, 4) is 11.1 Å². The summed E-state index contributed by atoms with van der Waals surface area (Å²) in [6.07, 6.45) is -3.40. The molecule has 0 unspecified atom stereocenters. The Morgan fingerprint density at radius 2 is 1.76 bits per heavy atom. The third-order valence-electron chi connectivity index (χ3n) is 3.58. The van der Waals surface area contributed by atoms with Gasteiger partial charge >= 0.3 is 6.18 Å². The molecule has 0 saturated heterocycles. The second-order valence-corrected chi connectivity index (χ2v) is 6.71. The number of hydrogen-bond acceptors (Lipinski definition) is 2. The van der Waals surface area contributed by atoms with Gasteiger partial charge in [0.15, 0.2) is 0 Å². The minimum Gasteiger partial charge on any atom is -0.311 e. The number of halogens is 4. The van der Waals surface area contributed by atoms with E-state index in [0.29, 0.717) is 11.1 Å². The van der Waals surface area contributed by atoms with Gasteiger partial charge in [0.1, 0.15) is 11.6 Å². The maximum absolute atomic E-state index is 13.6. The van der Waals surface area contributed by atoms with Gasteiger partial charge in [-0.2, -0.15) is 13.2 Å². The predicted molar refractivity (Wildman–Crippen MR) is 87.6 cm³/mol. The van der Waals surface area contributed by atoms with Crippen LogP contribution in [0.25, 0.3) is 11.1 Å². The van der Waals surface area contributed by atoms with Gasteiger partial charge in [0, 0.05) is 18.7 Å². The number of carbonyl (C=O) groups excluding carboxylic acids is 1. The van der Waals surface area contributed by atoms with Crippen molar-refractivity contribution in [1.29, 1.82) is 0 Å². The van der Waals surface area contributed by atoms with Gasteiger partial charge in [-0.15, -0.1) is 0 Å². The molecule has 134 valence electrons. The molecule has 3 nitrogen and oxygen atoms in total. The van der Waals surface area contributed by atoms with E-state index in [-0.39, 0.29) is 17.3 Å². The summed E-state index contributed by atoms with van der Waals surface area (Å²) >= 11 is 0. The van der Waals surface area contributed by atoms with E-state index in [1.807, 2.05) is 20.8 Å². The van der Waals surface area contributed by atoms with E-state index in [1.165, 1.54) is 19.2 Å². The molecule has 1 aromatic heterocycles. The normalized spacial score (nSPS) is 12.2. The number of rotatable bonds is 2. The molecule has 0 saturated carbocycles. The Hall–Kier alpha value is -2.44. The molecule has 1 aromatic carbocycles. The zero-order valence-electron chi connectivity index (χ0n) is 14.3. The lowest BCUT2D eigenvalue weighted by atomic mass is 9.82. The topological polar surface area (TPSA) is 42.0 Å². The Bertz CT molecular complexity index is 808. The van der Waals surface area contributed by atoms with Crippen LogP contribution in [0.1, 0.15) is 38.8 Å². The summed E-state index contributed by atoms with van der Waals surface area (Å²) in [6.45, 7) is 6.88. The first kappa shape index (κ1) is 18.9. The number of hydrogen-bond donors (Lipinski definition) is 1. The molecule has 1 heterocycles. The fourth-order valence-corrected chi connectivity index (χ4v) is 2.63. The molecular weight excluding hydrogens is 336 g/mol. The van der Waals surface area contributed by atoms with Crippen LogP contribution < -0.4 is 5.32 Å². The number of pyridine rings is 1. The van der Waals surface area contributed by atoms with Crippen molar-refractivity contribution < 1.29 is 22.4 Å². The second kappa shape index (κ2) is 6.46. The summed E-state index contributed by atoms with van der Waals surface area (Å²) in [4.78, 5) is 15.6. The van der Waals surface area contributed by atoms with E-state index in [1.54, 1.807) is 6.07 Å². The molecule has 1 amide bonds. The Balaban J connectivity index is 2.74. The van der Waals surface area contributed by atoms with Crippen LogP contribution in [-0.4, -0.2) is 10.9 Å². The molecule has 7 heteroatoms. The highest BCUT2D eigenvalue weighted by Gasteiger charge is 2.35. The fraction of sp³-hybridized carbons (Fsp3) is 0.333. The van der Waals surface area contributed by atoms with Gasteiger partial charge in [0.25, 0.3) is 0 Å². The van der Waals surface area contributed by atoms with Crippen LogP contribution in [-0.2, 0) is 16.4 Å². The largest absolute Gasteiger partial charge is 0.419 e. The second-order valence-electron chi connectivity index (χ2n) is 6.71. The number of benzene rings is 1. The van der Waals surface area contributed by atoms with E-state index in [2.05, 4.69) is 10.3 Å². The third-order valence-corrected chi connectivity index (χ3v) is 3.58. The first-order valence-electron chi connectivity index (χ1n) is 7.55. The smallest absolute Gasteiger partial charge is 0.311 e. The molecule has 25 heavy (non-hydrogen) atoms. The predicted octanol–water partition coefficient (Wildman–Crippen LogP) is 5.16. The Labute approximate surface area is 143 Å². The van der Waals surface area contributed by atoms with Crippen molar-refractivity contribution in [1.82, 2.24) is 4.98 Å². The SMILES string of the molecule is CC(=O)Nc1nccc(-c2ccc(F)c(C(F)(F)F)c2)c1C(C)(C)C. The number of alkyl halides is 3. The minimum absolute atomic E-state index is 0.202. The number of nitrogens with zero attached hydrogens (tertiary/aromatic N) is 1. The van der Waals surface area contributed by atoms with Crippen LogP contribution in [0.4, 0.5) is 23.4 Å². The average Bonchev–Trinajstić information content (AvgIpc) is 2.44. The lowest BCUT2D eigenvalue weighted by Gasteiger charge is -2.26. The quantitative estimate of drug-likeness (QED) is 0.757. The van der Waals surface area contributed by atoms with Crippen LogP contribution in [0.2, 0.25) is 0 Å². The molecule has 0 radical (unpaired) electrons. The third kappa shape index (κ3) is 4.15. The Morgan fingerprint density at radius 3 is 2.28 bits per heavy atom. The Kier molecular flexibility index (Phi) is 4.88. The molecule has 1 N–H and O–H groups in total. The highest BCUT2D eigenvalue weighted by molar-refractivity contribution is 5.90. The number of aromatic nitrogens is 1. The zero-order chi connectivity index (χ0) is 19.0. The lowest BCUT2D eigenvalue weighted by molar-refractivity contribution is -0.139. The van der Waals surface area contributed by atoms with Gasteiger partial charge in [-0.3, -0.25) is 4.79 Å². The molecular formula is C18H18F4N2O. The highest BCUT2D eigenvalue weighted by atomic mass is 19.4. The minimum atomic E-state index is -4.80. The first-order valence-corrected chi connectivity index (χ1v) is 7.55. The summed E-state index contributed by atoms with van der Waals surface area (Å²) in [5.74, 6) is -1.40. The van der Waals surface area contributed by atoms with Crippen molar-refractivity contribution in [3.63, 3.8) is 0 Å². The van der Waals surface area contributed by atoms with Crippen LogP contribution in [0.15, 0.2) is 30.5 Å². The highest BCUT2D eigenvalue weighted by Crippen LogP contribution is 2.40. The molecule has 2 rings (SSSR count). The van der Waals surface area contributed by atoms with E-state index >= 15 is 0 Å². The van der Waals surface area contributed by atoms with Crippen LogP contribution >= 0.6 is 0 Å². The van der Waals surface area contributed by atoms with Crippen molar-refractivity contribution in [3.05, 3.63) is 47.4 Å². The molecule has 0 atom stereocenters. The van der Waals surface area contributed by atoms with Crippen LogP contribution in [0.3, 0.4) is 0 Å². The van der Waals surface area contributed by atoms with Gasteiger partial charge in [-0.1, -0.05) is 26.8 Å². The summed E-state index contributed by atoms with van der Waals surface area (Å²) < 4.78 is 52.6. The maximum atomic E-state index is 13.6. The van der Waals surface area contributed by atoms with E-state index in [0.717, 1.165) is 12.1 Å². The number of amides is 1. The Morgan fingerprint density at radius 1 is 1.12 bits per heavy atom.